The van der Waals surface area contributed by atoms with Crippen molar-refractivity contribution in [2.45, 2.75) is 38.7 Å². The smallest absolute Gasteiger partial charge is 0.290 e. The Morgan fingerprint density at radius 1 is 1.27 bits per heavy atom. The summed E-state index contributed by atoms with van der Waals surface area (Å²) in [6.07, 6.45) is 5.22. The van der Waals surface area contributed by atoms with Crippen molar-refractivity contribution in [2.24, 2.45) is 5.92 Å². The molecule has 2 aromatic rings. The van der Waals surface area contributed by atoms with Gasteiger partial charge in [0.15, 0.2) is 0 Å². The van der Waals surface area contributed by atoms with E-state index in [1.165, 1.54) is 6.42 Å². The van der Waals surface area contributed by atoms with E-state index in [1.807, 2.05) is 28.9 Å². The summed E-state index contributed by atoms with van der Waals surface area (Å²) in [7, 11) is 0. The number of hydrogen-bond donors (Lipinski definition) is 2. The van der Waals surface area contributed by atoms with E-state index in [0.717, 1.165) is 43.2 Å². The molecule has 2 atom stereocenters. The molecule has 2 N–H and O–H groups in total. The quantitative estimate of drug-likeness (QED) is 0.723. The average molecular weight is 416 g/mol. The van der Waals surface area contributed by atoms with Crippen molar-refractivity contribution in [2.75, 3.05) is 31.1 Å². The number of aliphatic hydroxyl groups is 1. The zero-order valence-electron chi connectivity index (χ0n) is 17.1. The molecule has 1 amide bonds. The molecule has 4 rings (SSSR count). The number of likely N-dealkylation sites (tertiary alicyclic amines) is 1. The number of hydrogen-bond acceptors (Lipinski definition) is 7. The van der Waals surface area contributed by atoms with Gasteiger partial charge in [0.25, 0.3) is 12.4 Å². The second-order valence-electron chi connectivity index (χ2n) is 7.73. The molecule has 9 heteroatoms. The van der Waals surface area contributed by atoms with Gasteiger partial charge in [0.05, 0.1) is 11.8 Å². The number of nitrogens with zero attached hydrogens (tertiary/aromatic N) is 4. The van der Waals surface area contributed by atoms with Crippen LogP contribution >= 0.6 is 0 Å². The van der Waals surface area contributed by atoms with Crippen LogP contribution in [0, 0.1) is 12.8 Å². The maximum Gasteiger partial charge on any atom is 0.290 e. The summed E-state index contributed by atoms with van der Waals surface area (Å²) in [6, 6.07) is 5.54. The lowest BCUT2D eigenvalue weighted by Gasteiger charge is -2.27. The minimum atomic E-state index is -0.460. The Morgan fingerprint density at radius 2 is 2.00 bits per heavy atom. The number of amides is 1. The normalized spacial score (nSPS) is 21.1. The van der Waals surface area contributed by atoms with Gasteiger partial charge in [-0.3, -0.25) is 9.59 Å². The maximum absolute atomic E-state index is 12.7. The number of β-amino-alcohol motifs (C(OH)–C–C–N with tert-alkyl or cyclic N) is 1. The third-order valence-corrected chi connectivity index (χ3v) is 5.51. The van der Waals surface area contributed by atoms with Crippen LogP contribution in [-0.4, -0.2) is 69.9 Å². The van der Waals surface area contributed by atoms with Gasteiger partial charge in [0, 0.05) is 56.3 Å². The first-order chi connectivity index (χ1) is 14.5. The van der Waals surface area contributed by atoms with E-state index < -0.39 is 6.10 Å². The van der Waals surface area contributed by atoms with Crippen LogP contribution in [0.3, 0.4) is 0 Å². The van der Waals surface area contributed by atoms with Gasteiger partial charge in [-0.2, -0.15) is 0 Å². The number of carbonyl (C=O) groups excluding carboxylic acids is 1. The van der Waals surface area contributed by atoms with Crippen LogP contribution in [0.4, 0.5) is 5.82 Å². The van der Waals surface area contributed by atoms with E-state index in [1.54, 1.807) is 12.3 Å². The van der Waals surface area contributed by atoms with Crippen molar-refractivity contribution in [3.8, 4) is 0 Å². The summed E-state index contributed by atoms with van der Waals surface area (Å²) in [6.45, 7) is 4.48. The zero-order valence-corrected chi connectivity index (χ0v) is 17.1. The second kappa shape index (κ2) is 10.2. The summed E-state index contributed by atoms with van der Waals surface area (Å²) in [5, 5.41) is 21.3. The molecule has 2 saturated heterocycles. The standard InChI is InChI=1S/C20H26N4O3.CH2O2/c1-14-9-17(27-22-14)10-16-12-24(13-18(16)25)19-11-15(5-6-21-19)20(26)23-7-3-2-4-8-23;2-1-3/h5-6,9,11,16,18,25H,2-4,7-8,10,12-13H2,1H3;1H,(H,2,3)/t16-,18+;/m1./s1. The van der Waals surface area contributed by atoms with E-state index in [0.29, 0.717) is 25.1 Å². The molecule has 9 nitrogen and oxygen atoms in total. The molecule has 0 bridgehead atoms. The van der Waals surface area contributed by atoms with Gasteiger partial charge in [-0.1, -0.05) is 5.16 Å². The number of piperidine rings is 1. The fourth-order valence-corrected chi connectivity index (χ4v) is 4.02. The lowest BCUT2D eigenvalue weighted by atomic mass is 10.0. The van der Waals surface area contributed by atoms with Gasteiger partial charge in [-0.15, -0.1) is 0 Å². The molecule has 0 aromatic carbocycles. The number of pyridine rings is 1. The van der Waals surface area contributed by atoms with Crippen molar-refractivity contribution in [3.05, 3.63) is 41.4 Å². The first-order valence-electron chi connectivity index (χ1n) is 10.2. The number of aryl methyl sites for hydroxylation is 1. The Labute approximate surface area is 175 Å². The SMILES string of the molecule is Cc1cc(C[C@@H]2CN(c3cc(C(=O)N4CCCCC4)ccn3)C[C@@H]2O)on1.O=CO. The average Bonchev–Trinajstić information content (AvgIpc) is 3.34. The Morgan fingerprint density at radius 3 is 2.67 bits per heavy atom. The van der Waals surface area contributed by atoms with E-state index in [-0.39, 0.29) is 18.3 Å². The number of carboxylic acid groups (broad SMARTS) is 1. The molecule has 2 aromatic heterocycles. The molecule has 2 aliphatic rings. The molecule has 4 heterocycles. The predicted molar refractivity (Wildman–Crippen MR) is 109 cm³/mol. The monoisotopic (exact) mass is 416 g/mol. The van der Waals surface area contributed by atoms with Gasteiger partial charge < -0.3 is 24.5 Å². The van der Waals surface area contributed by atoms with Gasteiger partial charge in [-0.05, 0) is 38.3 Å². The Bertz CT molecular complexity index is 849. The second-order valence-corrected chi connectivity index (χ2v) is 7.73. The predicted octanol–water partition coefficient (Wildman–Crippen LogP) is 1.74. The highest BCUT2D eigenvalue weighted by Gasteiger charge is 2.33. The number of rotatable bonds is 4. The Balaban J connectivity index is 0.000000806. The van der Waals surface area contributed by atoms with Crippen LogP contribution in [0.5, 0.6) is 0 Å². The molecule has 2 aliphatic heterocycles. The first kappa shape index (κ1) is 21.8. The third kappa shape index (κ3) is 5.35. The molecular formula is C21H28N4O5. The van der Waals surface area contributed by atoms with Crippen molar-refractivity contribution in [1.82, 2.24) is 15.0 Å². The van der Waals surface area contributed by atoms with Crippen molar-refractivity contribution < 1.29 is 24.3 Å². The summed E-state index contributed by atoms with van der Waals surface area (Å²) in [5.41, 5.74) is 1.52. The van der Waals surface area contributed by atoms with Gasteiger partial charge in [-0.25, -0.2) is 4.98 Å². The number of aromatic nitrogens is 2. The largest absolute Gasteiger partial charge is 0.483 e. The molecular weight excluding hydrogens is 388 g/mol. The Hall–Kier alpha value is -2.94. The van der Waals surface area contributed by atoms with Crippen LogP contribution in [0.2, 0.25) is 0 Å². The summed E-state index contributed by atoms with van der Waals surface area (Å²) >= 11 is 0. The van der Waals surface area contributed by atoms with E-state index >= 15 is 0 Å². The van der Waals surface area contributed by atoms with E-state index in [9.17, 15) is 9.90 Å². The van der Waals surface area contributed by atoms with E-state index in [2.05, 4.69) is 10.1 Å². The lowest BCUT2D eigenvalue weighted by Crippen LogP contribution is -2.35. The summed E-state index contributed by atoms with van der Waals surface area (Å²) in [5.74, 6) is 1.67. The molecule has 30 heavy (non-hydrogen) atoms. The highest BCUT2D eigenvalue weighted by atomic mass is 16.5. The van der Waals surface area contributed by atoms with Gasteiger partial charge >= 0.3 is 0 Å². The highest BCUT2D eigenvalue weighted by Crippen LogP contribution is 2.26. The Kier molecular flexibility index (Phi) is 7.40. The van der Waals surface area contributed by atoms with Gasteiger partial charge in [0.2, 0.25) is 0 Å². The summed E-state index contributed by atoms with van der Waals surface area (Å²) in [4.78, 5) is 29.5. The topological polar surface area (TPSA) is 120 Å². The molecule has 0 spiro atoms. The fraction of sp³-hybridized carbons (Fsp3) is 0.524. The summed E-state index contributed by atoms with van der Waals surface area (Å²) < 4.78 is 5.29. The molecule has 0 aliphatic carbocycles. The minimum absolute atomic E-state index is 0.0561. The third-order valence-electron chi connectivity index (χ3n) is 5.51. The van der Waals surface area contributed by atoms with Crippen LogP contribution in [0.25, 0.3) is 0 Å². The first-order valence-corrected chi connectivity index (χ1v) is 10.2. The highest BCUT2D eigenvalue weighted by molar-refractivity contribution is 5.94. The van der Waals surface area contributed by atoms with Crippen LogP contribution in [-0.2, 0) is 11.2 Å². The molecule has 2 fully saturated rings. The van der Waals surface area contributed by atoms with Crippen molar-refractivity contribution in [3.63, 3.8) is 0 Å². The van der Waals surface area contributed by atoms with E-state index in [4.69, 9.17) is 14.4 Å². The number of carbonyl (C=O) groups is 2. The molecule has 162 valence electrons. The zero-order chi connectivity index (χ0) is 21.5. The van der Waals surface area contributed by atoms with Crippen molar-refractivity contribution >= 4 is 18.2 Å². The minimum Gasteiger partial charge on any atom is -0.483 e. The van der Waals surface area contributed by atoms with Crippen LogP contribution in [0.1, 0.15) is 41.1 Å². The lowest BCUT2D eigenvalue weighted by molar-refractivity contribution is -0.122. The van der Waals surface area contributed by atoms with Crippen molar-refractivity contribution in [1.29, 1.82) is 0 Å². The molecule has 0 saturated carbocycles. The van der Waals surface area contributed by atoms with Crippen LogP contribution < -0.4 is 4.90 Å². The molecule has 0 radical (unpaired) electrons. The van der Waals surface area contributed by atoms with Gasteiger partial charge in [0.1, 0.15) is 11.6 Å². The maximum atomic E-state index is 12.7. The molecule has 0 unspecified atom stereocenters. The fourth-order valence-electron chi connectivity index (χ4n) is 4.02. The number of aliphatic hydroxyl groups excluding tert-OH is 1. The number of anilines is 1. The van der Waals surface area contributed by atoms with Crippen LogP contribution in [0.15, 0.2) is 28.9 Å².